The molecule has 0 saturated heterocycles. The van der Waals surface area contributed by atoms with Crippen LogP contribution in [0.5, 0.6) is 17.2 Å². The Kier molecular flexibility index (Phi) is 3.62. The highest BCUT2D eigenvalue weighted by molar-refractivity contribution is 5.66. The lowest BCUT2D eigenvalue weighted by molar-refractivity contribution is 0.403. The highest BCUT2D eigenvalue weighted by Crippen LogP contribution is 2.31. The number of rotatable bonds is 4. The van der Waals surface area contributed by atoms with Crippen LogP contribution in [0.15, 0.2) is 30.6 Å². The molecule has 0 unspecified atom stereocenters. The second kappa shape index (κ2) is 5.35. The van der Waals surface area contributed by atoms with Gasteiger partial charge in [0.05, 0.1) is 39.3 Å². The van der Waals surface area contributed by atoms with E-state index in [9.17, 15) is 0 Å². The summed E-state index contributed by atoms with van der Waals surface area (Å²) in [6.45, 7) is 0. The molecule has 0 fully saturated rings. The number of hydrogen-bond donors (Lipinski definition) is 0. The van der Waals surface area contributed by atoms with E-state index in [1.807, 2.05) is 18.2 Å². The molecule has 5 nitrogen and oxygen atoms in total. The van der Waals surface area contributed by atoms with Gasteiger partial charge in [-0.3, -0.25) is 0 Å². The molecule has 94 valence electrons. The number of hydrogen-bond acceptors (Lipinski definition) is 5. The van der Waals surface area contributed by atoms with Gasteiger partial charge in [-0.05, 0) is 18.2 Å². The molecule has 0 amide bonds. The van der Waals surface area contributed by atoms with Gasteiger partial charge >= 0.3 is 0 Å². The van der Waals surface area contributed by atoms with Gasteiger partial charge in [0.1, 0.15) is 11.5 Å². The highest BCUT2D eigenvalue weighted by atomic mass is 16.5. The molecule has 0 radical (unpaired) electrons. The quantitative estimate of drug-likeness (QED) is 0.827. The summed E-state index contributed by atoms with van der Waals surface area (Å²) in [5.41, 5.74) is 0.777. The van der Waals surface area contributed by atoms with Gasteiger partial charge in [0.25, 0.3) is 0 Å². The van der Waals surface area contributed by atoms with Crippen molar-refractivity contribution in [2.75, 3.05) is 21.3 Å². The molecular formula is C13H14N2O3. The molecule has 2 rings (SSSR count). The molecule has 0 spiro atoms. The largest absolute Gasteiger partial charge is 0.497 e. The molecule has 0 N–H and O–H groups in total. The first-order chi connectivity index (χ1) is 8.78. The fraction of sp³-hybridized carbons (Fsp3) is 0.231. The third-order valence-electron chi connectivity index (χ3n) is 2.51. The first-order valence-corrected chi connectivity index (χ1v) is 5.37. The van der Waals surface area contributed by atoms with Crippen LogP contribution in [0.1, 0.15) is 0 Å². The van der Waals surface area contributed by atoms with Crippen LogP contribution in [0.2, 0.25) is 0 Å². The maximum absolute atomic E-state index is 5.29. The van der Waals surface area contributed by atoms with Gasteiger partial charge in [-0.15, -0.1) is 0 Å². The van der Waals surface area contributed by atoms with Crippen LogP contribution in [-0.4, -0.2) is 31.3 Å². The lowest BCUT2D eigenvalue weighted by atomic mass is 10.1. The van der Waals surface area contributed by atoms with Crippen LogP contribution in [0.25, 0.3) is 11.4 Å². The van der Waals surface area contributed by atoms with Gasteiger partial charge in [0, 0.05) is 0 Å². The third-order valence-corrected chi connectivity index (χ3v) is 2.51. The van der Waals surface area contributed by atoms with E-state index in [0.29, 0.717) is 17.3 Å². The first-order valence-electron chi connectivity index (χ1n) is 5.37. The zero-order valence-electron chi connectivity index (χ0n) is 10.5. The van der Waals surface area contributed by atoms with Crippen molar-refractivity contribution < 1.29 is 14.2 Å². The van der Waals surface area contributed by atoms with E-state index < -0.39 is 0 Å². The minimum absolute atomic E-state index is 0.562. The zero-order chi connectivity index (χ0) is 13.0. The van der Waals surface area contributed by atoms with E-state index in [-0.39, 0.29) is 0 Å². The van der Waals surface area contributed by atoms with Gasteiger partial charge in [-0.1, -0.05) is 0 Å². The van der Waals surface area contributed by atoms with E-state index >= 15 is 0 Å². The monoisotopic (exact) mass is 246 g/mol. The number of aromatic nitrogens is 2. The van der Waals surface area contributed by atoms with E-state index in [0.717, 1.165) is 11.3 Å². The van der Waals surface area contributed by atoms with Crippen molar-refractivity contribution in [1.29, 1.82) is 0 Å². The standard InChI is InChI=1S/C13H14N2O3/c1-16-9-4-5-12(18-3)11(6-9)13-14-7-10(17-2)8-15-13/h4-8H,1-3H3. The molecule has 1 aromatic carbocycles. The van der Waals surface area contributed by atoms with Crippen LogP contribution in [0.4, 0.5) is 0 Å². The number of ether oxygens (including phenoxy) is 3. The lowest BCUT2D eigenvalue weighted by Crippen LogP contribution is -1.95. The Labute approximate surface area is 105 Å². The molecule has 0 aliphatic heterocycles. The number of nitrogens with zero attached hydrogens (tertiary/aromatic N) is 2. The van der Waals surface area contributed by atoms with Crippen molar-refractivity contribution in [3.8, 4) is 28.6 Å². The predicted octanol–water partition coefficient (Wildman–Crippen LogP) is 2.17. The Morgan fingerprint density at radius 2 is 1.50 bits per heavy atom. The Morgan fingerprint density at radius 1 is 0.833 bits per heavy atom. The molecule has 18 heavy (non-hydrogen) atoms. The van der Waals surface area contributed by atoms with Gasteiger partial charge in [0.2, 0.25) is 0 Å². The normalized spacial score (nSPS) is 9.94. The molecule has 0 aliphatic rings. The molecular weight excluding hydrogens is 232 g/mol. The lowest BCUT2D eigenvalue weighted by Gasteiger charge is -2.09. The summed E-state index contributed by atoms with van der Waals surface area (Å²) in [6, 6.07) is 5.48. The van der Waals surface area contributed by atoms with E-state index in [2.05, 4.69) is 9.97 Å². The van der Waals surface area contributed by atoms with E-state index in [1.54, 1.807) is 33.7 Å². The molecule has 5 heteroatoms. The highest BCUT2D eigenvalue weighted by Gasteiger charge is 2.10. The van der Waals surface area contributed by atoms with Gasteiger partial charge in [-0.25, -0.2) is 9.97 Å². The maximum atomic E-state index is 5.29. The minimum Gasteiger partial charge on any atom is -0.497 e. The molecule has 2 aromatic rings. The molecule has 0 atom stereocenters. The topological polar surface area (TPSA) is 53.5 Å². The van der Waals surface area contributed by atoms with Crippen molar-refractivity contribution in [2.24, 2.45) is 0 Å². The Hall–Kier alpha value is -2.30. The molecule has 0 bridgehead atoms. The van der Waals surface area contributed by atoms with E-state index in [4.69, 9.17) is 14.2 Å². The fourth-order valence-corrected chi connectivity index (χ4v) is 1.55. The SMILES string of the molecule is COc1cnc(-c2cc(OC)ccc2OC)nc1. The van der Waals surface area contributed by atoms with Crippen molar-refractivity contribution in [2.45, 2.75) is 0 Å². The first kappa shape index (κ1) is 12.2. The van der Waals surface area contributed by atoms with Crippen LogP contribution < -0.4 is 14.2 Å². The van der Waals surface area contributed by atoms with Crippen molar-refractivity contribution >= 4 is 0 Å². The average Bonchev–Trinajstić information content (AvgIpc) is 2.46. The summed E-state index contributed by atoms with van der Waals surface area (Å²) < 4.78 is 15.5. The Bertz CT molecular complexity index is 526. The van der Waals surface area contributed by atoms with Gasteiger partial charge in [-0.2, -0.15) is 0 Å². The molecule has 0 saturated carbocycles. The summed E-state index contributed by atoms with van der Waals surface area (Å²) in [5.74, 6) is 2.60. The second-order valence-electron chi connectivity index (χ2n) is 3.51. The summed E-state index contributed by atoms with van der Waals surface area (Å²) in [6.07, 6.45) is 3.22. The summed E-state index contributed by atoms with van der Waals surface area (Å²) in [5, 5.41) is 0. The summed E-state index contributed by atoms with van der Waals surface area (Å²) in [4.78, 5) is 8.46. The maximum Gasteiger partial charge on any atom is 0.163 e. The minimum atomic E-state index is 0.562. The predicted molar refractivity (Wildman–Crippen MR) is 67.1 cm³/mol. The summed E-state index contributed by atoms with van der Waals surface area (Å²) >= 11 is 0. The van der Waals surface area contributed by atoms with Crippen molar-refractivity contribution in [3.63, 3.8) is 0 Å². The Morgan fingerprint density at radius 3 is 2.06 bits per heavy atom. The van der Waals surface area contributed by atoms with Crippen LogP contribution in [0, 0.1) is 0 Å². The van der Waals surface area contributed by atoms with Crippen molar-refractivity contribution in [1.82, 2.24) is 9.97 Å². The number of methoxy groups -OCH3 is 3. The third kappa shape index (κ3) is 2.34. The van der Waals surface area contributed by atoms with Crippen LogP contribution in [0.3, 0.4) is 0 Å². The smallest absolute Gasteiger partial charge is 0.163 e. The Balaban J connectivity index is 2.46. The average molecular weight is 246 g/mol. The second-order valence-corrected chi connectivity index (χ2v) is 3.51. The molecule has 1 aromatic heterocycles. The van der Waals surface area contributed by atoms with Crippen LogP contribution in [-0.2, 0) is 0 Å². The fourth-order valence-electron chi connectivity index (χ4n) is 1.55. The van der Waals surface area contributed by atoms with Gasteiger partial charge < -0.3 is 14.2 Å². The van der Waals surface area contributed by atoms with Crippen molar-refractivity contribution in [3.05, 3.63) is 30.6 Å². The molecule has 0 aliphatic carbocycles. The van der Waals surface area contributed by atoms with Crippen LogP contribution >= 0.6 is 0 Å². The van der Waals surface area contributed by atoms with Gasteiger partial charge in [0.15, 0.2) is 11.6 Å². The molecule has 1 heterocycles. The zero-order valence-corrected chi connectivity index (χ0v) is 10.5. The summed E-state index contributed by atoms with van der Waals surface area (Å²) in [7, 11) is 4.79. The van der Waals surface area contributed by atoms with E-state index in [1.165, 1.54) is 0 Å². The number of benzene rings is 1.